The number of aliphatic hydroxyl groups is 1. The summed E-state index contributed by atoms with van der Waals surface area (Å²) < 4.78 is 0. The van der Waals surface area contributed by atoms with Crippen LogP contribution in [0.25, 0.3) is 10.2 Å². The van der Waals surface area contributed by atoms with Gasteiger partial charge < -0.3 is 10.4 Å². The summed E-state index contributed by atoms with van der Waals surface area (Å²) in [5, 5.41) is 15.6. The number of hydrogen-bond acceptors (Lipinski definition) is 5. The van der Waals surface area contributed by atoms with E-state index >= 15 is 0 Å². The Labute approximate surface area is 117 Å². The third kappa shape index (κ3) is 3.42. The first-order chi connectivity index (χ1) is 9.28. The molecular formula is C14H21N3OS. The minimum Gasteiger partial charge on any atom is -0.396 e. The van der Waals surface area contributed by atoms with Crippen LogP contribution in [0.3, 0.4) is 0 Å². The quantitative estimate of drug-likeness (QED) is 0.818. The first-order valence-corrected chi connectivity index (χ1v) is 7.75. The second-order valence-corrected chi connectivity index (χ2v) is 5.54. The number of fused-ring (bicyclic) bond motifs is 1. The van der Waals surface area contributed by atoms with Gasteiger partial charge >= 0.3 is 0 Å². The van der Waals surface area contributed by atoms with Gasteiger partial charge in [0.25, 0.3) is 0 Å². The van der Waals surface area contributed by atoms with Gasteiger partial charge in [0, 0.05) is 19.6 Å². The first kappa shape index (κ1) is 14.2. The van der Waals surface area contributed by atoms with E-state index in [0.29, 0.717) is 5.92 Å². The highest BCUT2D eigenvalue weighted by atomic mass is 32.1. The Morgan fingerprint density at radius 1 is 1.37 bits per heavy atom. The molecule has 0 aliphatic carbocycles. The molecule has 0 amide bonds. The predicted molar refractivity (Wildman–Crippen MR) is 80.8 cm³/mol. The number of aromatic nitrogens is 2. The standard InChI is InChI=1S/C14H21N3OS/c1-3-10(5-7-18)9-15-13-11-6-8-19-14(11)17-12(4-2)16-13/h6,8,10,18H,3-5,7,9H2,1-2H3,(H,15,16,17). The summed E-state index contributed by atoms with van der Waals surface area (Å²) in [6, 6.07) is 2.06. The van der Waals surface area contributed by atoms with E-state index in [1.807, 2.05) is 0 Å². The summed E-state index contributed by atoms with van der Waals surface area (Å²) in [6.45, 7) is 5.32. The van der Waals surface area contributed by atoms with Gasteiger partial charge in [-0.25, -0.2) is 9.97 Å². The summed E-state index contributed by atoms with van der Waals surface area (Å²) in [4.78, 5) is 10.2. The Bertz CT molecular complexity index is 526. The fraction of sp³-hybridized carbons (Fsp3) is 0.571. The Morgan fingerprint density at radius 2 is 2.21 bits per heavy atom. The van der Waals surface area contributed by atoms with E-state index in [-0.39, 0.29) is 6.61 Å². The van der Waals surface area contributed by atoms with Crippen LogP contribution in [0.5, 0.6) is 0 Å². The maximum atomic E-state index is 9.03. The van der Waals surface area contributed by atoms with Crippen molar-refractivity contribution in [2.75, 3.05) is 18.5 Å². The van der Waals surface area contributed by atoms with Crippen LogP contribution in [0.15, 0.2) is 11.4 Å². The molecule has 2 N–H and O–H groups in total. The molecule has 0 saturated carbocycles. The Kier molecular flexibility index (Phi) is 5.10. The van der Waals surface area contributed by atoms with Crippen LogP contribution < -0.4 is 5.32 Å². The van der Waals surface area contributed by atoms with E-state index in [1.54, 1.807) is 11.3 Å². The molecule has 0 aliphatic rings. The average molecular weight is 279 g/mol. The van der Waals surface area contributed by atoms with Gasteiger partial charge in [0.15, 0.2) is 0 Å². The molecule has 19 heavy (non-hydrogen) atoms. The summed E-state index contributed by atoms with van der Waals surface area (Å²) in [5.41, 5.74) is 0. The fourth-order valence-electron chi connectivity index (χ4n) is 2.07. The second-order valence-electron chi connectivity index (χ2n) is 4.65. The molecule has 4 nitrogen and oxygen atoms in total. The minimum atomic E-state index is 0.248. The number of aliphatic hydroxyl groups excluding tert-OH is 1. The van der Waals surface area contributed by atoms with Crippen LogP contribution in [0.4, 0.5) is 5.82 Å². The van der Waals surface area contributed by atoms with Crippen LogP contribution in [-0.2, 0) is 6.42 Å². The van der Waals surface area contributed by atoms with Crippen molar-refractivity contribution < 1.29 is 5.11 Å². The van der Waals surface area contributed by atoms with Gasteiger partial charge in [-0.3, -0.25) is 0 Å². The molecule has 2 aromatic rings. The van der Waals surface area contributed by atoms with Gasteiger partial charge in [-0.05, 0) is 23.8 Å². The molecule has 1 atom stereocenters. The zero-order valence-electron chi connectivity index (χ0n) is 11.5. The van der Waals surface area contributed by atoms with Gasteiger partial charge in [-0.2, -0.15) is 0 Å². The monoisotopic (exact) mass is 279 g/mol. The molecule has 104 valence electrons. The van der Waals surface area contributed by atoms with E-state index in [1.165, 1.54) is 0 Å². The van der Waals surface area contributed by atoms with Crippen molar-refractivity contribution in [3.63, 3.8) is 0 Å². The molecule has 0 radical (unpaired) electrons. The summed E-state index contributed by atoms with van der Waals surface area (Å²) in [5.74, 6) is 2.30. The van der Waals surface area contributed by atoms with Crippen molar-refractivity contribution in [3.05, 3.63) is 17.3 Å². The largest absolute Gasteiger partial charge is 0.396 e. The van der Waals surface area contributed by atoms with Crippen molar-refractivity contribution in [1.29, 1.82) is 0 Å². The van der Waals surface area contributed by atoms with Crippen LogP contribution in [0.2, 0.25) is 0 Å². The molecule has 5 heteroatoms. The molecular weight excluding hydrogens is 258 g/mol. The molecule has 0 bridgehead atoms. The lowest BCUT2D eigenvalue weighted by Crippen LogP contribution is -2.16. The number of thiophene rings is 1. The normalized spacial score (nSPS) is 12.8. The molecule has 0 spiro atoms. The van der Waals surface area contributed by atoms with Crippen LogP contribution in [-0.4, -0.2) is 28.2 Å². The van der Waals surface area contributed by atoms with Crippen molar-refractivity contribution >= 4 is 27.4 Å². The Balaban J connectivity index is 2.16. The zero-order valence-corrected chi connectivity index (χ0v) is 12.3. The molecule has 2 rings (SSSR count). The molecule has 0 fully saturated rings. The van der Waals surface area contributed by atoms with E-state index in [4.69, 9.17) is 5.11 Å². The van der Waals surface area contributed by atoms with Crippen LogP contribution in [0, 0.1) is 5.92 Å². The molecule has 1 unspecified atom stereocenters. The van der Waals surface area contributed by atoms with Gasteiger partial charge in [-0.1, -0.05) is 20.3 Å². The molecule has 0 aliphatic heterocycles. The van der Waals surface area contributed by atoms with Gasteiger partial charge in [0.1, 0.15) is 16.5 Å². The second kappa shape index (κ2) is 6.82. The highest BCUT2D eigenvalue weighted by Gasteiger charge is 2.10. The number of anilines is 1. The Hall–Kier alpha value is -1.20. The molecule has 2 aromatic heterocycles. The fourth-order valence-corrected chi connectivity index (χ4v) is 2.85. The molecule has 2 heterocycles. The van der Waals surface area contributed by atoms with Gasteiger partial charge in [0.2, 0.25) is 0 Å². The third-order valence-corrected chi connectivity index (χ3v) is 4.17. The van der Waals surface area contributed by atoms with Crippen molar-refractivity contribution in [2.24, 2.45) is 5.92 Å². The lowest BCUT2D eigenvalue weighted by Gasteiger charge is -2.15. The summed E-state index contributed by atoms with van der Waals surface area (Å²) >= 11 is 1.65. The maximum Gasteiger partial charge on any atom is 0.138 e. The predicted octanol–water partition coefficient (Wildman–Crippen LogP) is 3.07. The minimum absolute atomic E-state index is 0.248. The Morgan fingerprint density at radius 3 is 2.89 bits per heavy atom. The lowest BCUT2D eigenvalue weighted by atomic mass is 10.0. The highest BCUT2D eigenvalue weighted by molar-refractivity contribution is 7.16. The number of rotatable bonds is 7. The third-order valence-electron chi connectivity index (χ3n) is 3.36. The molecule has 0 aromatic carbocycles. The van der Waals surface area contributed by atoms with Crippen molar-refractivity contribution in [2.45, 2.75) is 33.1 Å². The number of nitrogens with zero attached hydrogens (tertiary/aromatic N) is 2. The van der Waals surface area contributed by atoms with E-state index in [0.717, 1.165) is 47.7 Å². The zero-order chi connectivity index (χ0) is 13.7. The van der Waals surface area contributed by atoms with E-state index in [2.05, 4.69) is 40.6 Å². The van der Waals surface area contributed by atoms with Crippen LogP contribution in [0.1, 0.15) is 32.5 Å². The first-order valence-electron chi connectivity index (χ1n) is 6.87. The maximum absolute atomic E-state index is 9.03. The summed E-state index contributed by atoms with van der Waals surface area (Å²) in [6.07, 6.45) is 2.74. The SMILES string of the molecule is CCc1nc(NCC(CC)CCO)c2ccsc2n1. The topological polar surface area (TPSA) is 58.0 Å². The van der Waals surface area contributed by atoms with E-state index < -0.39 is 0 Å². The van der Waals surface area contributed by atoms with E-state index in [9.17, 15) is 0 Å². The summed E-state index contributed by atoms with van der Waals surface area (Å²) in [7, 11) is 0. The molecule has 0 saturated heterocycles. The smallest absolute Gasteiger partial charge is 0.138 e. The number of aryl methyl sites for hydroxylation is 1. The van der Waals surface area contributed by atoms with Crippen LogP contribution >= 0.6 is 11.3 Å². The van der Waals surface area contributed by atoms with Gasteiger partial charge in [0.05, 0.1) is 5.39 Å². The van der Waals surface area contributed by atoms with Crippen molar-refractivity contribution in [1.82, 2.24) is 9.97 Å². The number of hydrogen-bond donors (Lipinski definition) is 2. The lowest BCUT2D eigenvalue weighted by molar-refractivity contribution is 0.258. The van der Waals surface area contributed by atoms with Crippen molar-refractivity contribution in [3.8, 4) is 0 Å². The van der Waals surface area contributed by atoms with Gasteiger partial charge in [-0.15, -0.1) is 11.3 Å². The highest BCUT2D eigenvalue weighted by Crippen LogP contribution is 2.25. The number of nitrogens with one attached hydrogen (secondary N) is 1. The average Bonchev–Trinajstić information content (AvgIpc) is 2.91.